The zero-order valence-electron chi connectivity index (χ0n) is 10.6. The predicted octanol–water partition coefficient (Wildman–Crippen LogP) is 2.24. The molecule has 6 nitrogen and oxygen atoms in total. The van der Waals surface area contributed by atoms with E-state index >= 15 is 0 Å². The van der Waals surface area contributed by atoms with Gasteiger partial charge in [-0.25, -0.2) is 4.98 Å². The number of benzene rings is 1. The van der Waals surface area contributed by atoms with Crippen molar-refractivity contribution >= 4 is 35.1 Å². The molecule has 0 fully saturated rings. The summed E-state index contributed by atoms with van der Waals surface area (Å²) in [5, 5.41) is 15.3. The molecule has 0 bridgehead atoms. The fourth-order valence-corrected chi connectivity index (χ4v) is 1.78. The first-order valence-electron chi connectivity index (χ1n) is 5.82. The summed E-state index contributed by atoms with van der Waals surface area (Å²) in [5.41, 5.74) is 7.12. The Bertz CT molecular complexity index is 618. The smallest absolute Gasteiger partial charge is 0.143 e. The number of nitrogens with two attached hydrogens (primary N) is 1. The van der Waals surface area contributed by atoms with E-state index in [1.807, 2.05) is 6.92 Å². The zero-order valence-corrected chi connectivity index (χ0v) is 10.6. The Kier molecular flexibility index (Phi) is 3.61. The standard InChI is InChI=1S/C13H15N5O/c1-2-19-12-6-13(18(7-14)8-15)17-11-4-3-9(16)5-10(11)12/h3-8,14-15H,2,16H2,1H3. The van der Waals surface area contributed by atoms with Crippen LogP contribution in [0, 0.1) is 10.8 Å². The van der Waals surface area contributed by atoms with Crippen LogP contribution in [-0.2, 0) is 0 Å². The monoisotopic (exact) mass is 257 g/mol. The predicted molar refractivity (Wildman–Crippen MR) is 77.4 cm³/mol. The number of fused-ring (bicyclic) bond motifs is 1. The molecule has 1 aromatic heterocycles. The molecule has 19 heavy (non-hydrogen) atoms. The van der Waals surface area contributed by atoms with Crippen molar-refractivity contribution in [2.24, 2.45) is 0 Å². The molecule has 4 N–H and O–H groups in total. The molecule has 0 saturated carbocycles. The first-order valence-corrected chi connectivity index (χ1v) is 5.82. The summed E-state index contributed by atoms with van der Waals surface area (Å²) in [4.78, 5) is 5.68. The molecule has 0 aliphatic rings. The van der Waals surface area contributed by atoms with Gasteiger partial charge in [-0.15, -0.1) is 0 Å². The molecule has 0 aliphatic heterocycles. The summed E-state index contributed by atoms with van der Waals surface area (Å²) in [5.74, 6) is 1.11. The average molecular weight is 257 g/mol. The van der Waals surface area contributed by atoms with Crippen molar-refractivity contribution in [1.82, 2.24) is 4.98 Å². The second kappa shape index (κ2) is 5.34. The molecule has 1 aromatic carbocycles. The molecular formula is C13H15N5O. The highest BCUT2D eigenvalue weighted by Crippen LogP contribution is 2.30. The van der Waals surface area contributed by atoms with Crippen LogP contribution in [0.3, 0.4) is 0 Å². The summed E-state index contributed by atoms with van der Waals surface area (Å²) < 4.78 is 5.58. The third kappa shape index (κ3) is 2.47. The van der Waals surface area contributed by atoms with E-state index in [0.29, 0.717) is 29.4 Å². The molecule has 0 spiro atoms. The van der Waals surface area contributed by atoms with Gasteiger partial charge in [-0.05, 0) is 25.1 Å². The van der Waals surface area contributed by atoms with Gasteiger partial charge in [-0.3, -0.25) is 15.7 Å². The quantitative estimate of drug-likeness (QED) is 0.434. The maximum atomic E-state index is 7.26. The van der Waals surface area contributed by atoms with Crippen molar-refractivity contribution in [3.63, 3.8) is 0 Å². The van der Waals surface area contributed by atoms with E-state index < -0.39 is 0 Å². The van der Waals surface area contributed by atoms with Gasteiger partial charge in [0.1, 0.15) is 11.6 Å². The average Bonchev–Trinajstić information content (AvgIpc) is 2.41. The van der Waals surface area contributed by atoms with Crippen molar-refractivity contribution in [3.05, 3.63) is 24.3 Å². The first-order chi connectivity index (χ1) is 9.19. The number of rotatable bonds is 5. The minimum atomic E-state index is 0.464. The number of nitrogens with one attached hydrogen (secondary N) is 2. The third-order valence-corrected chi connectivity index (χ3v) is 2.62. The van der Waals surface area contributed by atoms with Crippen molar-refractivity contribution in [2.45, 2.75) is 6.92 Å². The maximum Gasteiger partial charge on any atom is 0.143 e. The van der Waals surface area contributed by atoms with Crippen LogP contribution in [0.4, 0.5) is 11.5 Å². The van der Waals surface area contributed by atoms with Gasteiger partial charge < -0.3 is 10.5 Å². The lowest BCUT2D eigenvalue weighted by atomic mass is 10.2. The van der Waals surface area contributed by atoms with Crippen LogP contribution in [0.5, 0.6) is 5.75 Å². The van der Waals surface area contributed by atoms with Gasteiger partial charge in [0.15, 0.2) is 0 Å². The lowest BCUT2D eigenvalue weighted by Gasteiger charge is -2.15. The Hall–Kier alpha value is -2.63. The maximum absolute atomic E-state index is 7.26. The molecule has 0 saturated heterocycles. The molecule has 1 heterocycles. The highest BCUT2D eigenvalue weighted by Gasteiger charge is 2.10. The Balaban J connectivity index is 2.66. The summed E-state index contributed by atoms with van der Waals surface area (Å²) in [7, 11) is 0. The Morgan fingerprint density at radius 3 is 2.68 bits per heavy atom. The van der Waals surface area contributed by atoms with Gasteiger partial charge in [0.2, 0.25) is 0 Å². The van der Waals surface area contributed by atoms with Crippen molar-refractivity contribution in [2.75, 3.05) is 17.2 Å². The van der Waals surface area contributed by atoms with Gasteiger partial charge in [-0.1, -0.05) is 0 Å². The van der Waals surface area contributed by atoms with E-state index in [2.05, 4.69) is 4.98 Å². The van der Waals surface area contributed by atoms with Crippen LogP contribution >= 0.6 is 0 Å². The first kappa shape index (κ1) is 12.8. The number of nitrogens with zero attached hydrogens (tertiary/aromatic N) is 2. The summed E-state index contributed by atoms with van der Waals surface area (Å²) >= 11 is 0. The largest absolute Gasteiger partial charge is 0.493 e. The third-order valence-electron chi connectivity index (χ3n) is 2.62. The molecular weight excluding hydrogens is 242 g/mol. The van der Waals surface area contributed by atoms with Gasteiger partial charge in [0.05, 0.1) is 24.8 Å². The van der Waals surface area contributed by atoms with Gasteiger partial charge in [-0.2, -0.15) is 0 Å². The molecule has 0 aliphatic carbocycles. The minimum Gasteiger partial charge on any atom is -0.493 e. The highest BCUT2D eigenvalue weighted by molar-refractivity contribution is 5.99. The van der Waals surface area contributed by atoms with E-state index in [4.69, 9.17) is 21.3 Å². The summed E-state index contributed by atoms with van der Waals surface area (Å²) in [6.07, 6.45) is 2.04. The Labute approximate surface area is 110 Å². The van der Waals surface area contributed by atoms with Gasteiger partial charge in [0, 0.05) is 17.1 Å². The van der Waals surface area contributed by atoms with E-state index in [0.717, 1.165) is 18.1 Å². The SMILES string of the molecule is CCOc1cc(N(C=N)C=N)nc2ccc(N)cc12. The Morgan fingerprint density at radius 2 is 2.05 bits per heavy atom. The number of pyridine rings is 1. The molecule has 0 radical (unpaired) electrons. The second-order valence-corrected chi connectivity index (χ2v) is 3.85. The number of anilines is 2. The number of ether oxygens (including phenoxy) is 1. The van der Waals surface area contributed by atoms with Gasteiger partial charge in [0.25, 0.3) is 0 Å². The zero-order chi connectivity index (χ0) is 13.8. The van der Waals surface area contributed by atoms with Crippen LogP contribution < -0.4 is 15.4 Å². The molecule has 2 rings (SSSR count). The molecule has 6 heteroatoms. The van der Waals surface area contributed by atoms with Gasteiger partial charge >= 0.3 is 0 Å². The topological polar surface area (TPSA) is 99.1 Å². The van der Waals surface area contributed by atoms with E-state index in [-0.39, 0.29) is 0 Å². The molecule has 0 unspecified atom stereocenters. The number of hydrogen-bond acceptors (Lipinski definition) is 5. The van der Waals surface area contributed by atoms with Crippen LogP contribution in [0.1, 0.15) is 6.92 Å². The number of nitrogen functional groups attached to an aromatic ring is 1. The van der Waals surface area contributed by atoms with E-state index in [1.54, 1.807) is 24.3 Å². The van der Waals surface area contributed by atoms with Crippen LogP contribution in [0.2, 0.25) is 0 Å². The molecule has 0 atom stereocenters. The molecule has 0 amide bonds. The molecule has 2 aromatic rings. The number of aromatic nitrogens is 1. The minimum absolute atomic E-state index is 0.464. The number of hydrogen-bond donors (Lipinski definition) is 3. The van der Waals surface area contributed by atoms with Crippen LogP contribution in [0.25, 0.3) is 10.9 Å². The lowest BCUT2D eigenvalue weighted by molar-refractivity contribution is 0.344. The van der Waals surface area contributed by atoms with E-state index in [9.17, 15) is 0 Å². The lowest BCUT2D eigenvalue weighted by Crippen LogP contribution is -2.18. The summed E-state index contributed by atoms with van der Waals surface area (Å²) in [6, 6.07) is 7.05. The Morgan fingerprint density at radius 1 is 1.32 bits per heavy atom. The van der Waals surface area contributed by atoms with Crippen LogP contribution in [-0.4, -0.2) is 24.3 Å². The van der Waals surface area contributed by atoms with Crippen molar-refractivity contribution in [3.8, 4) is 5.75 Å². The van der Waals surface area contributed by atoms with Crippen molar-refractivity contribution < 1.29 is 4.74 Å². The fraction of sp³-hybridized carbons (Fsp3) is 0.154. The molecule has 98 valence electrons. The summed E-state index contributed by atoms with van der Waals surface area (Å²) in [6.45, 7) is 2.41. The van der Waals surface area contributed by atoms with Crippen LogP contribution in [0.15, 0.2) is 24.3 Å². The second-order valence-electron chi connectivity index (χ2n) is 3.85. The van der Waals surface area contributed by atoms with E-state index in [1.165, 1.54) is 4.90 Å². The highest BCUT2D eigenvalue weighted by atomic mass is 16.5. The normalized spacial score (nSPS) is 10.2. The van der Waals surface area contributed by atoms with Crippen molar-refractivity contribution in [1.29, 1.82) is 10.8 Å². The fourth-order valence-electron chi connectivity index (χ4n) is 1.78.